The Morgan fingerprint density at radius 2 is 1.70 bits per heavy atom. The van der Waals surface area contributed by atoms with Crippen LogP contribution in [0.4, 0.5) is 11.4 Å². The maximum atomic E-state index is 13.6. The minimum Gasteiger partial charge on any atom is -0.373 e. The normalized spacial score (nSPS) is 18.0. The molecular formula is C24H19N3O2S. The van der Waals surface area contributed by atoms with Crippen LogP contribution in [0.1, 0.15) is 24.1 Å². The number of carbonyl (C=O) groups is 2. The summed E-state index contributed by atoms with van der Waals surface area (Å²) in [4.78, 5) is 33.8. The van der Waals surface area contributed by atoms with E-state index >= 15 is 0 Å². The molecule has 1 atom stereocenters. The third kappa shape index (κ3) is 3.00. The predicted molar refractivity (Wildman–Crippen MR) is 118 cm³/mol. The van der Waals surface area contributed by atoms with Crippen LogP contribution in [0.5, 0.6) is 0 Å². The number of imide groups is 1. The quantitative estimate of drug-likeness (QED) is 0.629. The zero-order valence-corrected chi connectivity index (χ0v) is 17.1. The number of thioether (sulfide) groups is 1. The Balaban J connectivity index is 1.63. The molecule has 1 N–H and O–H groups in total. The molecule has 2 aliphatic rings. The van der Waals surface area contributed by atoms with Gasteiger partial charge in [0.15, 0.2) is 0 Å². The Morgan fingerprint density at radius 1 is 0.967 bits per heavy atom. The van der Waals surface area contributed by atoms with Crippen molar-refractivity contribution >= 4 is 35.0 Å². The van der Waals surface area contributed by atoms with Crippen molar-refractivity contribution < 1.29 is 9.59 Å². The van der Waals surface area contributed by atoms with Crippen LogP contribution in [0.2, 0.25) is 0 Å². The fourth-order valence-corrected chi connectivity index (χ4v) is 4.91. The Kier molecular flexibility index (Phi) is 4.64. The first-order valence-electron chi connectivity index (χ1n) is 9.82. The fourth-order valence-electron chi connectivity index (χ4n) is 3.81. The molecule has 2 aliphatic heterocycles. The van der Waals surface area contributed by atoms with Crippen LogP contribution in [0.3, 0.4) is 0 Å². The van der Waals surface area contributed by atoms with E-state index in [4.69, 9.17) is 0 Å². The first-order valence-corrected chi connectivity index (χ1v) is 10.6. The van der Waals surface area contributed by atoms with Crippen molar-refractivity contribution in [1.29, 1.82) is 0 Å². The second-order valence-electron chi connectivity index (χ2n) is 7.16. The number of pyridine rings is 1. The molecule has 0 saturated heterocycles. The van der Waals surface area contributed by atoms with Crippen LogP contribution in [0.25, 0.3) is 0 Å². The summed E-state index contributed by atoms with van der Waals surface area (Å²) in [7, 11) is 0. The number of anilines is 2. The van der Waals surface area contributed by atoms with Gasteiger partial charge in [-0.25, -0.2) is 4.90 Å². The van der Waals surface area contributed by atoms with Gasteiger partial charge in [-0.2, -0.15) is 0 Å². The second kappa shape index (κ2) is 7.46. The molecule has 148 valence electrons. The third-order valence-electron chi connectivity index (χ3n) is 5.41. The van der Waals surface area contributed by atoms with Crippen LogP contribution < -0.4 is 10.2 Å². The molecule has 0 aliphatic carbocycles. The van der Waals surface area contributed by atoms with Crippen LogP contribution in [0.15, 0.2) is 88.4 Å². The largest absolute Gasteiger partial charge is 0.373 e. The van der Waals surface area contributed by atoms with Crippen molar-refractivity contribution in [3.63, 3.8) is 0 Å². The molecule has 6 heteroatoms. The number of amides is 2. The Labute approximate surface area is 178 Å². The van der Waals surface area contributed by atoms with Gasteiger partial charge in [-0.05, 0) is 53.9 Å². The summed E-state index contributed by atoms with van der Waals surface area (Å²) in [5.41, 5.74) is 4.02. The monoisotopic (exact) mass is 413 g/mol. The van der Waals surface area contributed by atoms with Gasteiger partial charge in [0, 0.05) is 23.0 Å². The molecule has 1 unspecified atom stereocenters. The van der Waals surface area contributed by atoms with E-state index < -0.39 is 6.04 Å². The van der Waals surface area contributed by atoms with Crippen LogP contribution >= 0.6 is 11.8 Å². The Morgan fingerprint density at radius 3 is 2.43 bits per heavy atom. The van der Waals surface area contributed by atoms with Gasteiger partial charge in [0.1, 0.15) is 0 Å². The van der Waals surface area contributed by atoms with Gasteiger partial charge in [-0.3, -0.25) is 14.6 Å². The third-order valence-corrected chi connectivity index (χ3v) is 6.58. The summed E-state index contributed by atoms with van der Waals surface area (Å²) in [6, 6.07) is 18.7. The van der Waals surface area contributed by atoms with Gasteiger partial charge in [0.2, 0.25) is 0 Å². The smallest absolute Gasteiger partial charge is 0.272 e. The molecule has 0 bridgehead atoms. The summed E-state index contributed by atoms with van der Waals surface area (Å²) in [5, 5.41) is 3.48. The highest BCUT2D eigenvalue weighted by Gasteiger charge is 2.45. The minimum absolute atomic E-state index is 0.276. The highest BCUT2D eigenvalue weighted by atomic mass is 32.2. The highest BCUT2D eigenvalue weighted by Crippen LogP contribution is 2.47. The van der Waals surface area contributed by atoms with E-state index in [0.717, 1.165) is 28.1 Å². The average molecular weight is 414 g/mol. The van der Waals surface area contributed by atoms with Crippen molar-refractivity contribution in [2.24, 2.45) is 0 Å². The van der Waals surface area contributed by atoms with Crippen LogP contribution in [-0.4, -0.2) is 16.8 Å². The lowest BCUT2D eigenvalue weighted by Gasteiger charge is -2.22. The van der Waals surface area contributed by atoms with E-state index in [1.54, 1.807) is 12.4 Å². The summed E-state index contributed by atoms with van der Waals surface area (Å²) in [6.45, 7) is 2.07. The van der Waals surface area contributed by atoms with Gasteiger partial charge < -0.3 is 5.32 Å². The van der Waals surface area contributed by atoms with Gasteiger partial charge in [-0.15, -0.1) is 0 Å². The molecular weight excluding hydrogens is 394 g/mol. The second-order valence-corrected chi connectivity index (χ2v) is 8.22. The lowest BCUT2D eigenvalue weighted by Crippen LogP contribution is -2.33. The van der Waals surface area contributed by atoms with Crippen LogP contribution in [-0.2, 0) is 16.0 Å². The topological polar surface area (TPSA) is 62.3 Å². The number of aromatic nitrogens is 1. The summed E-state index contributed by atoms with van der Waals surface area (Å²) in [5.74, 6) is -0.560. The number of rotatable bonds is 3. The molecule has 0 fully saturated rings. The molecule has 5 nitrogen and oxygen atoms in total. The average Bonchev–Trinajstić information content (AvgIpc) is 2.93. The first-order chi connectivity index (χ1) is 14.7. The van der Waals surface area contributed by atoms with E-state index in [9.17, 15) is 9.59 Å². The number of hydrogen-bond donors (Lipinski definition) is 1. The number of benzene rings is 2. The lowest BCUT2D eigenvalue weighted by atomic mass is 9.99. The van der Waals surface area contributed by atoms with Crippen molar-refractivity contribution in [2.75, 3.05) is 10.2 Å². The summed E-state index contributed by atoms with van der Waals surface area (Å²) >= 11 is 1.35. The number of nitrogens with one attached hydrogen (secondary N) is 1. The number of fused-ring (bicyclic) bond motifs is 1. The van der Waals surface area contributed by atoms with Crippen molar-refractivity contribution in [3.8, 4) is 0 Å². The first kappa shape index (κ1) is 18.6. The lowest BCUT2D eigenvalue weighted by molar-refractivity contribution is -0.120. The van der Waals surface area contributed by atoms with E-state index in [-0.39, 0.29) is 11.8 Å². The fraction of sp³-hybridized carbons (Fsp3) is 0.125. The SMILES string of the molecule is CCc1ccc(N2C(=O)C3=C(C2=O)C(c2ccncc2)Nc2ccccc2S3)cc1. The number of carbonyl (C=O) groups excluding carboxylic acids is 2. The zero-order chi connectivity index (χ0) is 20.7. The molecule has 0 saturated carbocycles. The minimum atomic E-state index is -0.435. The van der Waals surface area contributed by atoms with E-state index in [1.165, 1.54) is 16.7 Å². The summed E-state index contributed by atoms with van der Waals surface area (Å²) < 4.78 is 0. The van der Waals surface area contributed by atoms with Gasteiger partial charge in [-0.1, -0.05) is 43.0 Å². The number of nitrogens with zero attached hydrogens (tertiary/aromatic N) is 2. The van der Waals surface area contributed by atoms with Crippen molar-refractivity contribution in [2.45, 2.75) is 24.3 Å². The molecule has 2 amide bonds. The number of hydrogen-bond acceptors (Lipinski definition) is 5. The molecule has 0 radical (unpaired) electrons. The van der Waals surface area contributed by atoms with E-state index in [2.05, 4.69) is 17.2 Å². The molecule has 0 spiro atoms. The van der Waals surface area contributed by atoms with Crippen molar-refractivity contribution in [3.05, 3.63) is 94.7 Å². The number of para-hydroxylation sites is 1. The molecule has 3 aromatic rings. The molecule has 3 heterocycles. The predicted octanol–water partition coefficient (Wildman–Crippen LogP) is 4.73. The highest BCUT2D eigenvalue weighted by molar-refractivity contribution is 8.04. The van der Waals surface area contributed by atoms with Crippen LogP contribution in [0, 0.1) is 0 Å². The molecule has 2 aromatic carbocycles. The summed E-state index contributed by atoms with van der Waals surface area (Å²) in [6.07, 6.45) is 4.30. The van der Waals surface area contributed by atoms with E-state index in [1.807, 2.05) is 60.7 Å². The number of aryl methyl sites for hydroxylation is 1. The van der Waals surface area contributed by atoms with E-state index in [0.29, 0.717) is 16.2 Å². The van der Waals surface area contributed by atoms with Crippen molar-refractivity contribution in [1.82, 2.24) is 4.98 Å². The Bertz CT molecular complexity index is 1170. The van der Waals surface area contributed by atoms with Gasteiger partial charge in [0.05, 0.1) is 22.2 Å². The van der Waals surface area contributed by atoms with Gasteiger partial charge in [0.25, 0.3) is 11.8 Å². The molecule has 5 rings (SSSR count). The zero-order valence-electron chi connectivity index (χ0n) is 16.3. The Hall–Kier alpha value is -3.38. The van der Waals surface area contributed by atoms with Gasteiger partial charge >= 0.3 is 0 Å². The maximum Gasteiger partial charge on any atom is 0.272 e. The molecule has 30 heavy (non-hydrogen) atoms. The molecule has 1 aromatic heterocycles. The maximum absolute atomic E-state index is 13.6. The standard InChI is InChI=1S/C24H19N3O2S/c1-2-15-7-9-17(10-8-15)27-23(28)20-21(16-11-13-25-14-12-16)26-18-5-3-4-6-19(18)30-22(20)24(27)29/h3-14,21,26H,2H2,1H3.